The highest BCUT2D eigenvalue weighted by molar-refractivity contribution is 5.96. The van der Waals surface area contributed by atoms with E-state index in [0.29, 0.717) is 12.0 Å². The van der Waals surface area contributed by atoms with Gasteiger partial charge < -0.3 is 5.73 Å². The summed E-state index contributed by atoms with van der Waals surface area (Å²) in [6.45, 7) is 1.93. The number of ketones is 1. The van der Waals surface area contributed by atoms with Gasteiger partial charge in [0.05, 0.1) is 0 Å². The minimum absolute atomic E-state index is 0.112. The van der Waals surface area contributed by atoms with E-state index >= 15 is 0 Å². The summed E-state index contributed by atoms with van der Waals surface area (Å²) in [7, 11) is 0. The second-order valence-electron chi connectivity index (χ2n) is 4.21. The van der Waals surface area contributed by atoms with Crippen LogP contribution in [0.1, 0.15) is 35.2 Å². The average Bonchev–Trinajstić information content (AvgIpc) is 2.83. The fourth-order valence-electron chi connectivity index (χ4n) is 1.47. The molecular weight excluding hydrogens is 176 g/mol. The van der Waals surface area contributed by atoms with E-state index in [1.54, 1.807) is 12.4 Å². The number of Topliss-reactive ketones (excluding diaryl/α,β-unsaturated/α-hetero) is 1. The van der Waals surface area contributed by atoms with Gasteiger partial charge in [-0.05, 0) is 31.4 Å². The lowest BCUT2D eigenvalue weighted by atomic mass is 10.0. The molecule has 1 aromatic rings. The Labute approximate surface area is 83.3 Å². The van der Waals surface area contributed by atoms with Gasteiger partial charge in [-0.15, -0.1) is 0 Å². The predicted octanol–water partition coefficient (Wildman–Crippen LogP) is 1.45. The molecule has 3 nitrogen and oxygen atoms in total. The lowest BCUT2D eigenvalue weighted by Crippen LogP contribution is -2.25. The number of nitrogens with two attached hydrogens (primary N) is 1. The van der Waals surface area contributed by atoms with Crippen molar-refractivity contribution in [2.45, 2.75) is 31.7 Å². The molecule has 1 heterocycles. The van der Waals surface area contributed by atoms with E-state index in [9.17, 15) is 4.79 Å². The van der Waals surface area contributed by atoms with Crippen molar-refractivity contribution >= 4 is 5.78 Å². The Balaban J connectivity index is 2.11. The van der Waals surface area contributed by atoms with E-state index in [2.05, 4.69) is 4.98 Å². The molecule has 0 aliphatic heterocycles. The number of carbonyl (C=O) groups excluding carboxylic acids is 1. The van der Waals surface area contributed by atoms with Crippen LogP contribution in [0.4, 0.5) is 0 Å². The zero-order valence-corrected chi connectivity index (χ0v) is 8.29. The standard InChI is InChI=1S/C11H14N2O/c1-8-4-9(7-13-6-8)10(14)5-11(12)2-3-11/h4,6-7H,2-3,5,12H2,1H3. The summed E-state index contributed by atoms with van der Waals surface area (Å²) in [4.78, 5) is 15.7. The molecule has 1 aliphatic carbocycles. The predicted molar refractivity (Wildman–Crippen MR) is 54.1 cm³/mol. The van der Waals surface area contributed by atoms with Crippen LogP contribution in [-0.2, 0) is 0 Å². The van der Waals surface area contributed by atoms with Gasteiger partial charge in [0.1, 0.15) is 0 Å². The fourth-order valence-corrected chi connectivity index (χ4v) is 1.47. The van der Waals surface area contributed by atoms with E-state index in [0.717, 1.165) is 18.4 Å². The molecule has 1 saturated carbocycles. The molecule has 0 atom stereocenters. The number of rotatable bonds is 3. The van der Waals surface area contributed by atoms with Gasteiger partial charge in [-0.25, -0.2) is 0 Å². The molecule has 0 saturated heterocycles. The van der Waals surface area contributed by atoms with Crippen LogP contribution in [0.15, 0.2) is 18.5 Å². The molecular formula is C11H14N2O. The van der Waals surface area contributed by atoms with Crippen molar-refractivity contribution in [1.29, 1.82) is 0 Å². The van der Waals surface area contributed by atoms with Crippen LogP contribution in [0.2, 0.25) is 0 Å². The summed E-state index contributed by atoms with van der Waals surface area (Å²) in [6.07, 6.45) is 5.75. The molecule has 14 heavy (non-hydrogen) atoms. The number of nitrogens with zero attached hydrogens (tertiary/aromatic N) is 1. The minimum Gasteiger partial charge on any atom is -0.325 e. The van der Waals surface area contributed by atoms with Crippen LogP contribution >= 0.6 is 0 Å². The van der Waals surface area contributed by atoms with Gasteiger partial charge in [-0.2, -0.15) is 0 Å². The zero-order chi connectivity index (χ0) is 10.2. The molecule has 0 amide bonds. The van der Waals surface area contributed by atoms with Crippen molar-refractivity contribution in [1.82, 2.24) is 4.98 Å². The third kappa shape index (κ3) is 1.99. The Morgan fingerprint density at radius 2 is 2.29 bits per heavy atom. The molecule has 0 spiro atoms. The van der Waals surface area contributed by atoms with Crippen LogP contribution in [0.25, 0.3) is 0 Å². The summed E-state index contributed by atoms with van der Waals surface area (Å²) < 4.78 is 0. The lowest BCUT2D eigenvalue weighted by Gasteiger charge is -2.06. The van der Waals surface area contributed by atoms with Crippen molar-refractivity contribution in [2.24, 2.45) is 5.73 Å². The first-order valence-electron chi connectivity index (χ1n) is 4.83. The highest BCUT2D eigenvalue weighted by Crippen LogP contribution is 2.36. The van der Waals surface area contributed by atoms with E-state index in [1.807, 2.05) is 13.0 Å². The maximum absolute atomic E-state index is 11.7. The molecule has 1 aromatic heterocycles. The molecule has 1 fully saturated rings. The van der Waals surface area contributed by atoms with Crippen LogP contribution in [0, 0.1) is 6.92 Å². The molecule has 0 bridgehead atoms. The second-order valence-corrected chi connectivity index (χ2v) is 4.21. The third-order valence-electron chi connectivity index (χ3n) is 2.60. The van der Waals surface area contributed by atoms with Gasteiger partial charge in [0, 0.05) is 29.9 Å². The van der Waals surface area contributed by atoms with Gasteiger partial charge in [-0.3, -0.25) is 9.78 Å². The van der Waals surface area contributed by atoms with Crippen molar-refractivity contribution in [3.05, 3.63) is 29.6 Å². The molecule has 74 valence electrons. The molecule has 0 radical (unpaired) electrons. The number of hydrogen-bond donors (Lipinski definition) is 1. The summed E-state index contributed by atoms with van der Waals surface area (Å²) in [6, 6.07) is 1.86. The largest absolute Gasteiger partial charge is 0.325 e. The summed E-state index contributed by atoms with van der Waals surface area (Å²) in [5.41, 5.74) is 7.37. The monoisotopic (exact) mass is 190 g/mol. The molecule has 2 N–H and O–H groups in total. The van der Waals surface area contributed by atoms with E-state index in [4.69, 9.17) is 5.73 Å². The van der Waals surface area contributed by atoms with Crippen LogP contribution in [0.3, 0.4) is 0 Å². The number of aromatic nitrogens is 1. The van der Waals surface area contributed by atoms with Gasteiger partial charge >= 0.3 is 0 Å². The number of hydrogen-bond acceptors (Lipinski definition) is 3. The summed E-state index contributed by atoms with van der Waals surface area (Å²) >= 11 is 0. The Morgan fingerprint density at radius 1 is 1.57 bits per heavy atom. The SMILES string of the molecule is Cc1cncc(C(=O)CC2(N)CC2)c1. The van der Waals surface area contributed by atoms with Gasteiger partial charge in [-0.1, -0.05) is 0 Å². The van der Waals surface area contributed by atoms with E-state index in [1.165, 1.54) is 0 Å². The minimum atomic E-state index is -0.208. The van der Waals surface area contributed by atoms with Gasteiger partial charge in [0.2, 0.25) is 0 Å². The number of carbonyl (C=O) groups is 1. The first-order valence-corrected chi connectivity index (χ1v) is 4.83. The molecule has 0 aromatic carbocycles. The van der Waals surface area contributed by atoms with Crippen LogP contribution in [0.5, 0.6) is 0 Å². The van der Waals surface area contributed by atoms with Crippen LogP contribution in [-0.4, -0.2) is 16.3 Å². The fraction of sp³-hybridized carbons (Fsp3) is 0.455. The maximum atomic E-state index is 11.7. The topological polar surface area (TPSA) is 56.0 Å². The maximum Gasteiger partial charge on any atom is 0.166 e. The molecule has 1 aliphatic rings. The third-order valence-corrected chi connectivity index (χ3v) is 2.60. The van der Waals surface area contributed by atoms with Crippen molar-refractivity contribution in [2.75, 3.05) is 0 Å². The first kappa shape index (κ1) is 9.34. The van der Waals surface area contributed by atoms with Gasteiger partial charge in [0.25, 0.3) is 0 Å². The number of aryl methyl sites for hydroxylation is 1. The highest BCUT2D eigenvalue weighted by atomic mass is 16.1. The average molecular weight is 190 g/mol. The summed E-state index contributed by atoms with van der Waals surface area (Å²) in [5.74, 6) is 0.112. The van der Waals surface area contributed by atoms with Crippen molar-refractivity contribution in [3.63, 3.8) is 0 Å². The molecule has 2 rings (SSSR count). The summed E-state index contributed by atoms with van der Waals surface area (Å²) in [5, 5.41) is 0. The van der Waals surface area contributed by atoms with E-state index < -0.39 is 0 Å². The normalized spacial score (nSPS) is 17.9. The first-order chi connectivity index (χ1) is 6.59. The van der Waals surface area contributed by atoms with Gasteiger partial charge in [0.15, 0.2) is 5.78 Å². The smallest absolute Gasteiger partial charge is 0.166 e. The Bertz CT molecular complexity index is 369. The van der Waals surface area contributed by atoms with Crippen LogP contribution < -0.4 is 5.73 Å². The van der Waals surface area contributed by atoms with Crippen molar-refractivity contribution < 1.29 is 4.79 Å². The Hall–Kier alpha value is -1.22. The quantitative estimate of drug-likeness (QED) is 0.734. The lowest BCUT2D eigenvalue weighted by molar-refractivity contribution is 0.0971. The second kappa shape index (κ2) is 3.17. The zero-order valence-electron chi connectivity index (χ0n) is 8.29. The Kier molecular flexibility index (Phi) is 2.11. The molecule has 3 heteroatoms. The number of pyridine rings is 1. The van der Waals surface area contributed by atoms with E-state index in [-0.39, 0.29) is 11.3 Å². The Morgan fingerprint density at radius 3 is 2.86 bits per heavy atom. The molecule has 0 unspecified atom stereocenters. The highest BCUT2D eigenvalue weighted by Gasteiger charge is 2.40. The van der Waals surface area contributed by atoms with Crippen molar-refractivity contribution in [3.8, 4) is 0 Å².